The minimum absolute atomic E-state index is 0.0839. The van der Waals surface area contributed by atoms with Gasteiger partial charge >= 0.3 is 0 Å². The summed E-state index contributed by atoms with van der Waals surface area (Å²) in [4.78, 5) is 1.52. The number of hydrogen-bond donors (Lipinski definition) is 2. The molecule has 0 aromatic heterocycles. The van der Waals surface area contributed by atoms with Crippen LogP contribution in [-0.2, 0) is 6.54 Å². The molecule has 0 aliphatic heterocycles. The highest BCUT2D eigenvalue weighted by atomic mass is 19.3. The highest BCUT2D eigenvalue weighted by Gasteiger charge is 2.11. The van der Waals surface area contributed by atoms with Crippen molar-refractivity contribution in [3.05, 3.63) is 29.3 Å². The summed E-state index contributed by atoms with van der Waals surface area (Å²) >= 11 is 0. The zero-order chi connectivity index (χ0) is 13.7. The van der Waals surface area contributed by atoms with E-state index in [0.29, 0.717) is 17.9 Å². The molecule has 0 radical (unpaired) electrons. The lowest BCUT2D eigenvalue weighted by Gasteiger charge is -2.17. The van der Waals surface area contributed by atoms with E-state index >= 15 is 0 Å². The number of rotatable bonds is 6. The van der Waals surface area contributed by atoms with E-state index in [9.17, 15) is 8.78 Å². The molecule has 0 aliphatic rings. The van der Waals surface area contributed by atoms with Gasteiger partial charge in [0.2, 0.25) is 0 Å². The first-order valence-electron chi connectivity index (χ1n) is 5.42. The average molecular weight is 257 g/mol. The summed E-state index contributed by atoms with van der Waals surface area (Å²) in [5.74, 6) is 0.393. The molecule has 18 heavy (non-hydrogen) atoms. The first kappa shape index (κ1) is 14.4. The van der Waals surface area contributed by atoms with Gasteiger partial charge in [-0.15, -0.1) is 0 Å². The fourth-order valence-corrected chi connectivity index (χ4v) is 1.67. The lowest BCUT2D eigenvalue weighted by atomic mass is 10.1. The molecule has 0 aliphatic carbocycles. The van der Waals surface area contributed by atoms with Gasteiger partial charge in [0.05, 0.1) is 19.2 Å². The second-order valence-electron chi connectivity index (χ2n) is 4.04. The molecule has 3 N–H and O–H groups in total. The fraction of sp³-hybridized carbons (Fsp3) is 0.417. The van der Waals surface area contributed by atoms with Gasteiger partial charge in [-0.1, -0.05) is 6.07 Å². The van der Waals surface area contributed by atoms with E-state index in [0.717, 1.165) is 5.56 Å². The Morgan fingerprint density at radius 1 is 1.50 bits per heavy atom. The second-order valence-corrected chi connectivity index (χ2v) is 4.04. The Bertz CT molecular complexity index is 424. The first-order valence-corrected chi connectivity index (χ1v) is 5.42. The van der Waals surface area contributed by atoms with Gasteiger partial charge in [-0.25, -0.2) is 8.78 Å². The summed E-state index contributed by atoms with van der Waals surface area (Å²) < 4.78 is 29.5. The number of halogens is 2. The molecule has 1 aromatic carbocycles. The van der Waals surface area contributed by atoms with Crippen LogP contribution in [0, 0.1) is 5.41 Å². The van der Waals surface area contributed by atoms with Gasteiger partial charge in [0.1, 0.15) is 11.6 Å². The minimum Gasteiger partial charge on any atom is -0.496 e. The number of ether oxygens (including phenoxy) is 1. The van der Waals surface area contributed by atoms with Crippen molar-refractivity contribution in [1.29, 1.82) is 5.41 Å². The molecule has 0 amide bonds. The van der Waals surface area contributed by atoms with Gasteiger partial charge in [0.25, 0.3) is 6.43 Å². The van der Waals surface area contributed by atoms with Crippen molar-refractivity contribution in [3.8, 4) is 5.75 Å². The number of amidine groups is 1. The Labute approximate surface area is 105 Å². The molecule has 4 nitrogen and oxygen atoms in total. The topological polar surface area (TPSA) is 62.3 Å². The van der Waals surface area contributed by atoms with Crippen LogP contribution in [0.4, 0.5) is 8.78 Å². The number of nitrogens with two attached hydrogens (primary N) is 1. The molecule has 100 valence electrons. The van der Waals surface area contributed by atoms with Crippen LogP contribution in [0.25, 0.3) is 0 Å². The van der Waals surface area contributed by atoms with E-state index in [2.05, 4.69) is 0 Å². The van der Waals surface area contributed by atoms with E-state index in [1.165, 1.54) is 12.0 Å². The highest BCUT2D eigenvalue weighted by Crippen LogP contribution is 2.20. The lowest BCUT2D eigenvalue weighted by Crippen LogP contribution is -2.24. The molecular formula is C12H17F2N3O. The fourth-order valence-electron chi connectivity index (χ4n) is 1.67. The third-order valence-corrected chi connectivity index (χ3v) is 2.46. The molecule has 1 aromatic rings. The standard InChI is InChI=1S/C12H17F2N3O/c1-17(7-11(13)14)6-8-3-4-9(12(15)16)10(5-8)18-2/h3-5,11H,6-7H2,1-2H3,(H3,15,16). The maximum absolute atomic E-state index is 12.2. The van der Waals surface area contributed by atoms with Crippen LogP contribution >= 0.6 is 0 Å². The van der Waals surface area contributed by atoms with E-state index in [1.54, 1.807) is 25.2 Å². The van der Waals surface area contributed by atoms with Gasteiger partial charge in [0, 0.05) is 6.54 Å². The Kier molecular flexibility index (Phi) is 5.03. The van der Waals surface area contributed by atoms with Crippen molar-refractivity contribution >= 4 is 5.84 Å². The zero-order valence-electron chi connectivity index (χ0n) is 10.4. The predicted octanol–water partition coefficient (Wildman–Crippen LogP) is 1.68. The number of alkyl halides is 2. The highest BCUT2D eigenvalue weighted by molar-refractivity contribution is 5.97. The first-order chi connectivity index (χ1) is 8.43. The summed E-state index contributed by atoms with van der Waals surface area (Å²) in [6.07, 6.45) is -2.35. The molecular weight excluding hydrogens is 240 g/mol. The third kappa shape index (κ3) is 3.96. The summed E-state index contributed by atoms with van der Waals surface area (Å²) in [5.41, 5.74) is 6.73. The SMILES string of the molecule is COc1cc(CN(C)CC(F)F)ccc1C(=N)N. The number of nitrogen functional groups attached to an aromatic ring is 1. The van der Waals surface area contributed by atoms with Gasteiger partial charge in [0.15, 0.2) is 0 Å². The molecule has 0 atom stereocenters. The summed E-state index contributed by atoms with van der Waals surface area (Å²) in [7, 11) is 3.10. The zero-order valence-corrected chi connectivity index (χ0v) is 10.4. The second kappa shape index (κ2) is 6.30. The summed E-state index contributed by atoms with van der Waals surface area (Å²) in [6, 6.07) is 5.12. The minimum atomic E-state index is -2.35. The van der Waals surface area contributed by atoms with Gasteiger partial charge in [-0.3, -0.25) is 10.3 Å². The lowest BCUT2D eigenvalue weighted by molar-refractivity contribution is 0.0975. The van der Waals surface area contributed by atoms with Gasteiger partial charge in [-0.05, 0) is 24.7 Å². The van der Waals surface area contributed by atoms with E-state index in [-0.39, 0.29) is 12.4 Å². The number of benzene rings is 1. The summed E-state index contributed by atoms with van der Waals surface area (Å²) in [6.45, 7) is 0.107. The Balaban J connectivity index is 2.82. The smallest absolute Gasteiger partial charge is 0.251 e. The van der Waals surface area contributed by atoms with Crippen molar-refractivity contribution in [2.75, 3.05) is 20.7 Å². The molecule has 1 rings (SSSR count). The number of nitrogens with zero attached hydrogens (tertiary/aromatic N) is 1. The van der Waals surface area contributed by atoms with Crippen LogP contribution in [-0.4, -0.2) is 37.9 Å². The molecule has 6 heteroatoms. The van der Waals surface area contributed by atoms with Crippen molar-refractivity contribution < 1.29 is 13.5 Å². The number of hydrogen-bond acceptors (Lipinski definition) is 3. The normalized spacial score (nSPS) is 11.0. The third-order valence-electron chi connectivity index (χ3n) is 2.46. The largest absolute Gasteiger partial charge is 0.496 e. The Hall–Kier alpha value is -1.69. The van der Waals surface area contributed by atoms with E-state index < -0.39 is 6.43 Å². The van der Waals surface area contributed by atoms with Crippen LogP contribution in [0.2, 0.25) is 0 Å². The van der Waals surface area contributed by atoms with Crippen molar-refractivity contribution in [1.82, 2.24) is 4.90 Å². The maximum atomic E-state index is 12.2. The van der Waals surface area contributed by atoms with Crippen LogP contribution in [0.3, 0.4) is 0 Å². The van der Waals surface area contributed by atoms with E-state index in [1.807, 2.05) is 0 Å². The predicted molar refractivity (Wildman–Crippen MR) is 66.3 cm³/mol. The Morgan fingerprint density at radius 3 is 2.67 bits per heavy atom. The molecule has 0 saturated heterocycles. The van der Waals surface area contributed by atoms with Crippen LogP contribution in [0.15, 0.2) is 18.2 Å². The Morgan fingerprint density at radius 2 is 2.17 bits per heavy atom. The van der Waals surface area contributed by atoms with Gasteiger partial charge < -0.3 is 10.5 Å². The van der Waals surface area contributed by atoms with Gasteiger partial charge in [-0.2, -0.15) is 0 Å². The van der Waals surface area contributed by atoms with Crippen molar-refractivity contribution in [2.45, 2.75) is 13.0 Å². The molecule has 0 heterocycles. The quantitative estimate of drug-likeness (QED) is 0.602. The molecule has 0 fully saturated rings. The van der Waals surface area contributed by atoms with Crippen molar-refractivity contribution in [2.24, 2.45) is 5.73 Å². The molecule has 0 saturated carbocycles. The van der Waals surface area contributed by atoms with E-state index in [4.69, 9.17) is 15.9 Å². The maximum Gasteiger partial charge on any atom is 0.251 e. The number of methoxy groups -OCH3 is 1. The number of nitrogens with one attached hydrogen (secondary N) is 1. The van der Waals surface area contributed by atoms with Crippen LogP contribution < -0.4 is 10.5 Å². The summed E-state index contributed by atoms with van der Waals surface area (Å²) in [5, 5.41) is 7.37. The molecule has 0 bridgehead atoms. The van der Waals surface area contributed by atoms with Crippen LogP contribution in [0.1, 0.15) is 11.1 Å². The average Bonchev–Trinajstić information content (AvgIpc) is 2.27. The monoisotopic (exact) mass is 257 g/mol. The van der Waals surface area contributed by atoms with Crippen molar-refractivity contribution in [3.63, 3.8) is 0 Å². The molecule has 0 spiro atoms. The van der Waals surface area contributed by atoms with Crippen LogP contribution in [0.5, 0.6) is 5.75 Å². The molecule has 0 unspecified atom stereocenters.